The Balaban J connectivity index is 2.25. The first kappa shape index (κ1) is 13.5. The third kappa shape index (κ3) is 4.10. The van der Waals surface area contributed by atoms with E-state index < -0.39 is 0 Å². The van der Waals surface area contributed by atoms with Gasteiger partial charge in [-0.1, -0.05) is 6.42 Å². The molecule has 2 unspecified atom stereocenters. The second-order valence-corrected chi connectivity index (χ2v) is 4.57. The van der Waals surface area contributed by atoms with Gasteiger partial charge in [-0.05, 0) is 33.1 Å². The summed E-state index contributed by atoms with van der Waals surface area (Å²) in [6, 6.07) is 0.748. The lowest BCUT2D eigenvalue weighted by Crippen LogP contribution is -2.45. The molecule has 0 bridgehead atoms. The van der Waals surface area contributed by atoms with E-state index in [0.29, 0.717) is 18.6 Å². The van der Waals surface area contributed by atoms with Gasteiger partial charge in [0.25, 0.3) is 0 Å². The van der Waals surface area contributed by atoms with Crippen LogP contribution < -0.4 is 11.1 Å². The van der Waals surface area contributed by atoms with E-state index in [1.165, 1.54) is 6.42 Å². The lowest BCUT2D eigenvalue weighted by atomic mass is 9.92. The first-order valence-electron chi connectivity index (χ1n) is 6.44. The van der Waals surface area contributed by atoms with Crippen molar-refractivity contribution in [2.75, 3.05) is 19.6 Å². The summed E-state index contributed by atoms with van der Waals surface area (Å²) in [5.74, 6) is 0.198. The molecule has 0 saturated heterocycles. The monoisotopic (exact) mass is 227 g/mol. The lowest BCUT2D eigenvalue weighted by Gasteiger charge is -2.28. The van der Waals surface area contributed by atoms with Gasteiger partial charge in [-0.25, -0.2) is 0 Å². The quantitative estimate of drug-likeness (QED) is 0.727. The summed E-state index contributed by atoms with van der Waals surface area (Å²) in [6.45, 7) is 6.07. The maximum atomic E-state index is 11.8. The Hall–Kier alpha value is -0.610. The Bertz CT molecular complexity index is 216. The highest BCUT2D eigenvalue weighted by Gasteiger charge is 2.20. The van der Waals surface area contributed by atoms with Gasteiger partial charge >= 0.3 is 0 Å². The van der Waals surface area contributed by atoms with E-state index in [1.807, 2.05) is 18.7 Å². The normalized spacial score (nSPS) is 25.4. The molecule has 0 aromatic heterocycles. The van der Waals surface area contributed by atoms with Gasteiger partial charge < -0.3 is 16.0 Å². The molecule has 1 fully saturated rings. The van der Waals surface area contributed by atoms with Crippen LogP contribution in [-0.2, 0) is 4.79 Å². The van der Waals surface area contributed by atoms with Crippen molar-refractivity contribution in [2.24, 2.45) is 5.73 Å². The van der Waals surface area contributed by atoms with Crippen LogP contribution in [0.25, 0.3) is 0 Å². The number of rotatable bonds is 5. The lowest BCUT2D eigenvalue weighted by molar-refractivity contribution is -0.130. The van der Waals surface area contributed by atoms with Crippen LogP contribution in [0, 0.1) is 0 Å². The molecule has 4 heteroatoms. The molecule has 1 aliphatic rings. The maximum Gasteiger partial charge on any atom is 0.236 e. The van der Waals surface area contributed by atoms with Gasteiger partial charge in [0.15, 0.2) is 0 Å². The van der Waals surface area contributed by atoms with Crippen LogP contribution in [0.3, 0.4) is 0 Å². The van der Waals surface area contributed by atoms with Gasteiger partial charge in [-0.3, -0.25) is 4.79 Å². The fraction of sp³-hybridized carbons (Fsp3) is 0.917. The summed E-state index contributed by atoms with van der Waals surface area (Å²) < 4.78 is 0. The summed E-state index contributed by atoms with van der Waals surface area (Å²) in [4.78, 5) is 13.6. The number of amides is 1. The highest BCUT2D eigenvalue weighted by atomic mass is 16.2. The smallest absolute Gasteiger partial charge is 0.236 e. The number of nitrogens with zero attached hydrogens (tertiary/aromatic N) is 1. The van der Waals surface area contributed by atoms with E-state index in [9.17, 15) is 4.79 Å². The number of likely N-dealkylation sites (N-methyl/N-ethyl adjacent to an activating group) is 1. The van der Waals surface area contributed by atoms with Crippen LogP contribution >= 0.6 is 0 Å². The molecule has 3 N–H and O–H groups in total. The molecule has 1 saturated carbocycles. The highest BCUT2D eigenvalue weighted by molar-refractivity contribution is 5.78. The van der Waals surface area contributed by atoms with Crippen molar-refractivity contribution in [2.45, 2.75) is 51.6 Å². The largest absolute Gasteiger partial charge is 0.342 e. The molecule has 0 spiro atoms. The number of nitrogens with two attached hydrogens (primary N) is 1. The molecule has 0 radical (unpaired) electrons. The van der Waals surface area contributed by atoms with Crippen molar-refractivity contribution in [1.82, 2.24) is 10.2 Å². The van der Waals surface area contributed by atoms with Gasteiger partial charge in [0, 0.05) is 25.2 Å². The fourth-order valence-corrected chi connectivity index (χ4v) is 2.33. The van der Waals surface area contributed by atoms with Gasteiger partial charge in [0.1, 0.15) is 0 Å². The van der Waals surface area contributed by atoms with Crippen LogP contribution in [0.15, 0.2) is 0 Å². The average molecular weight is 227 g/mol. The summed E-state index contributed by atoms with van der Waals surface area (Å²) in [7, 11) is 0. The zero-order valence-electron chi connectivity index (χ0n) is 10.5. The standard InChI is InChI=1S/C12H25N3O/c1-3-15(4-2)12(16)9-14-11-7-5-6-10(13)8-11/h10-11,14H,3-9,13H2,1-2H3. The van der Waals surface area contributed by atoms with Crippen LogP contribution in [0.1, 0.15) is 39.5 Å². The third-order valence-electron chi connectivity index (χ3n) is 3.37. The molecule has 94 valence electrons. The summed E-state index contributed by atoms with van der Waals surface area (Å²) in [6.07, 6.45) is 4.46. The molecule has 1 rings (SSSR count). The third-order valence-corrected chi connectivity index (χ3v) is 3.37. The van der Waals surface area contributed by atoms with E-state index in [4.69, 9.17) is 5.73 Å². The molecular formula is C12H25N3O. The Morgan fingerprint density at radius 3 is 2.62 bits per heavy atom. The molecule has 0 aliphatic heterocycles. The van der Waals surface area contributed by atoms with Crippen LogP contribution in [0.2, 0.25) is 0 Å². The van der Waals surface area contributed by atoms with Crippen molar-refractivity contribution < 1.29 is 4.79 Å². The molecular weight excluding hydrogens is 202 g/mol. The van der Waals surface area contributed by atoms with Crippen molar-refractivity contribution in [1.29, 1.82) is 0 Å². The number of hydrogen-bond donors (Lipinski definition) is 2. The zero-order chi connectivity index (χ0) is 12.0. The molecule has 0 aromatic carbocycles. The number of carbonyl (C=O) groups excluding carboxylic acids is 1. The number of carbonyl (C=O) groups is 1. The van der Waals surface area contributed by atoms with Gasteiger partial charge in [0.2, 0.25) is 5.91 Å². The topological polar surface area (TPSA) is 58.4 Å². The minimum absolute atomic E-state index is 0.198. The van der Waals surface area contributed by atoms with Crippen LogP contribution in [0.4, 0.5) is 0 Å². The van der Waals surface area contributed by atoms with E-state index >= 15 is 0 Å². The first-order valence-corrected chi connectivity index (χ1v) is 6.44. The second-order valence-electron chi connectivity index (χ2n) is 4.57. The van der Waals surface area contributed by atoms with E-state index in [-0.39, 0.29) is 5.91 Å². The molecule has 0 aromatic rings. The Kier molecular flexibility index (Phi) is 5.77. The van der Waals surface area contributed by atoms with E-state index in [1.54, 1.807) is 0 Å². The Morgan fingerprint density at radius 2 is 2.06 bits per heavy atom. The van der Waals surface area contributed by atoms with Gasteiger partial charge in [0.05, 0.1) is 6.54 Å². The number of hydrogen-bond acceptors (Lipinski definition) is 3. The minimum Gasteiger partial charge on any atom is -0.342 e. The highest BCUT2D eigenvalue weighted by Crippen LogP contribution is 2.16. The summed E-state index contributed by atoms with van der Waals surface area (Å²) in [5.41, 5.74) is 5.91. The predicted molar refractivity (Wildman–Crippen MR) is 66.2 cm³/mol. The Labute approximate surface area is 98.6 Å². The fourth-order valence-electron chi connectivity index (χ4n) is 2.33. The summed E-state index contributed by atoms with van der Waals surface area (Å²) >= 11 is 0. The molecule has 2 atom stereocenters. The zero-order valence-corrected chi connectivity index (χ0v) is 10.5. The second kappa shape index (κ2) is 6.86. The molecule has 4 nitrogen and oxygen atoms in total. The van der Waals surface area contributed by atoms with E-state index in [2.05, 4.69) is 5.32 Å². The number of nitrogens with one attached hydrogen (secondary N) is 1. The van der Waals surface area contributed by atoms with Crippen LogP contribution in [0.5, 0.6) is 0 Å². The van der Waals surface area contributed by atoms with Crippen molar-refractivity contribution >= 4 is 5.91 Å². The predicted octanol–water partition coefficient (Wildman–Crippen LogP) is 0.714. The average Bonchev–Trinajstić information content (AvgIpc) is 2.28. The van der Waals surface area contributed by atoms with Crippen molar-refractivity contribution in [3.05, 3.63) is 0 Å². The van der Waals surface area contributed by atoms with Crippen molar-refractivity contribution in [3.63, 3.8) is 0 Å². The molecule has 1 amide bonds. The van der Waals surface area contributed by atoms with E-state index in [0.717, 1.165) is 32.4 Å². The SMILES string of the molecule is CCN(CC)C(=O)CNC1CCCC(N)C1. The molecule has 1 aliphatic carbocycles. The molecule has 0 heterocycles. The maximum absolute atomic E-state index is 11.8. The first-order chi connectivity index (χ1) is 7.67. The minimum atomic E-state index is 0.198. The van der Waals surface area contributed by atoms with Crippen molar-refractivity contribution in [3.8, 4) is 0 Å². The van der Waals surface area contributed by atoms with Gasteiger partial charge in [-0.2, -0.15) is 0 Å². The van der Waals surface area contributed by atoms with Gasteiger partial charge in [-0.15, -0.1) is 0 Å². The Morgan fingerprint density at radius 1 is 1.38 bits per heavy atom. The molecule has 16 heavy (non-hydrogen) atoms. The van der Waals surface area contributed by atoms with Crippen LogP contribution in [-0.4, -0.2) is 42.5 Å². The summed E-state index contributed by atoms with van der Waals surface area (Å²) in [5, 5.41) is 3.33.